The summed E-state index contributed by atoms with van der Waals surface area (Å²) in [5.41, 5.74) is 5.71. The molecule has 2 aliphatic rings. The van der Waals surface area contributed by atoms with Crippen LogP contribution in [0.15, 0.2) is 10.9 Å². The third-order valence-electron chi connectivity index (χ3n) is 9.47. The summed E-state index contributed by atoms with van der Waals surface area (Å²) >= 11 is 4.88. The number of aromatic nitrogens is 3. The second kappa shape index (κ2) is 23.6. The van der Waals surface area contributed by atoms with Gasteiger partial charge in [-0.1, -0.05) is 63.4 Å². The van der Waals surface area contributed by atoms with Crippen LogP contribution in [0.25, 0.3) is 11.1 Å². The average Bonchev–Trinajstić information content (AvgIpc) is 3.73. The number of fused-ring (bicyclic) bond motifs is 1. The summed E-state index contributed by atoms with van der Waals surface area (Å²) in [5, 5.41) is 25.2. The van der Waals surface area contributed by atoms with Crippen molar-refractivity contribution in [3.8, 4) is 0 Å². The fraction of sp³-hybridized carbons (Fsp3) is 0.743. The Kier molecular flexibility index (Phi) is 19.5. The molecule has 0 bridgehead atoms. The number of nitrogen functional groups attached to an aromatic ring is 1. The molecule has 5 unspecified atom stereocenters. The number of alkyl halides is 1. The van der Waals surface area contributed by atoms with Gasteiger partial charge in [0.2, 0.25) is 11.9 Å². The predicted octanol–water partition coefficient (Wildman–Crippen LogP) is 3.05. The van der Waals surface area contributed by atoms with Crippen molar-refractivity contribution in [3.63, 3.8) is 0 Å². The molecule has 2 aromatic heterocycles. The van der Waals surface area contributed by atoms with Crippen molar-refractivity contribution in [2.24, 2.45) is 0 Å². The Labute approximate surface area is 360 Å². The van der Waals surface area contributed by atoms with E-state index in [1.54, 1.807) is 0 Å². The number of nitrogens with zero attached hydrogens (tertiary/aromatic N) is 3. The SMILES string of the molecule is CCCCCCCCCCCC(=O)OC[C@H](F)C1O[C@@H](OP(=O)(O)OP(O)(=S)OC[C@H]2O[C@@H](c3noc4c(N)ncnc34)C(O)[C@H]2O)[C@H](OC(C)=O)C(OC(C)=O)[C@@H]1OC(C)=O. The van der Waals surface area contributed by atoms with Gasteiger partial charge in [0.15, 0.2) is 30.3 Å². The summed E-state index contributed by atoms with van der Waals surface area (Å²) < 4.78 is 81.6. The number of phosphoric acid groups is 1. The topological polar surface area (TPSA) is 327 Å². The van der Waals surface area contributed by atoms with Crippen molar-refractivity contribution in [2.75, 3.05) is 18.9 Å². The van der Waals surface area contributed by atoms with Crippen molar-refractivity contribution in [1.82, 2.24) is 15.1 Å². The van der Waals surface area contributed by atoms with Gasteiger partial charge in [0.05, 0.1) is 6.61 Å². The van der Waals surface area contributed by atoms with E-state index in [9.17, 15) is 43.7 Å². The third kappa shape index (κ3) is 14.9. The minimum absolute atomic E-state index is 0.0270. The minimum atomic E-state index is -5.76. The molecule has 2 aliphatic heterocycles. The number of phosphoric ester groups is 1. The number of ether oxygens (including phenoxy) is 6. The van der Waals surface area contributed by atoms with Gasteiger partial charge in [-0.3, -0.25) is 23.7 Å². The second-order valence-corrected chi connectivity index (χ2v) is 18.9. The molecule has 23 nitrogen and oxygen atoms in total. The molecule has 0 aliphatic carbocycles. The summed E-state index contributed by atoms with van der Waals surface area (Å²) in [6, 6.07) is 0. The molecule has 12 atom stereocenters. The predicted molar refractivity (Wildman–Crippen MR) is 211 cm³/mol. The zero-order valence-corrected chi connectivity index (χ0v) is 37.0. The number of hydrogen-bond acceptors (Lipinski definition) is 22. The standard InChI is InChI=1S/C35H53FN4O19P2S/c1-5-6-7-8-9-10-11-12-13-14-23(44)50-15-21(36)28-31(52-18(2)41)32(53-19(3)42)33(54-20(4)43)35(56-28)58-60(47,48)59-61(49,62)51-16-22-26(45)27(46)29(55-22)25-24-30(57-40-25)34(37)39-17-38-24/h17,21-22,26-29,31-33,35,45-46H,5-16H2,1-4H3,(H,47,48)(H,49,62)(H2,37,38,39)/t21-,22+,26-,27?,28?,29-,31+,32?,33+,35-,61?/m0/s1. The lowest BCUT2D eigenvalue weighted by Gasteiger charge is -2.45. The van der Waals surface area contributed by atoms with Crippen molar-refractivity contribution in [1.29, 1.82) is 0 Å². The fourth-order valence-corrected chi connectivity index (χ4v) is 9.76. The van der Waals surface area contributed by atoms with Gasteiger partial charge in [-0.05, 0) is 18.2 Å². The maximum atomic E-state index is 16.1. The number of nitrogens with two attached hydrogens (primary N) is 1. The molecular formula is C35H53FN4O19P2S. The largest absolute Gasteiger partial charge is 0.481 e. The van der Waals surface area contributed by atoms with E-state index in [2.05, 4.69) is 22.0 Å². The lowest BCUT2D eigenvalue weighted by atomic mass is 9.95. The molecule has 4 heterocycles. The van der Waals surface area contributed by atoms with Crippen LogP contribution in [0, 0.1) is 0 Å². The van der Waals surface area contributed by atoms with Crippen LogP contribution >= 0.6 is 14.5 Å². The van der Waals surface area contributed by atoms with Gasteiger partial charge in [0, 0.05) is 27.2 Å². The highest BCUT2D eigenvalue weighted by molar-refractivity contribution is 8.08. The number of unbranched alkanes of at least 4 members (excludes halogenated alkanes) is 8. The van der Waals surface area contributed by atoms with Crippen LogP contribution in [-0.4, -0.2) is 127 Å². The highest BCUT2D eigenvalue weighted by Gasteiger charge is 2.57. The maximum absolute atomic E-state index is 16.1. The molecule has 0 radical (unpaired) electrons. The summed E-state index contributed by atoms with van der Waals surface area (Å²) in [4.78, 5) is 78.5. The summed E-state index contributed by atoms with van der Waals surface area (Å²) in [5.74, 6) is -4.06. The Morgan fingerprint density at radius 2 is 1.48 bits per heavy atom. The lowest BCUT2D eigenvalue weighted by Crippen LogP contribution is -2.64. The van der Waals surface area contributed by atoms with Crippen molar-refractivity contribution >= 4 is 67.1 Å². The van der Waals surface area contributed by atoms with E-state index >= 15 is 4.39 Å². The van der Waals surface area contributed by atoms with Gasteiger partial charge >= 0.3 is 38.4 Å². The summed E-state index contributed by atoms with van der Waals surface area (Å²) in [6.07, 6.45) is -9.16. The van der Waals surface area contributed by atoms with Gasteiger partial charge in [0.25, 0.3) is 0 Å². The number of esters is 4. The van der Waals surface area contributed by atoms with Crippen molar-refractivity contribution in [3.05, 3.63) is 12.0 Å². The van der Waals surface area contributed by atoms with E-state index in [0.717, 1.165) is 65.6 Å². The summed E-state index contributed by atoms with van der Waals surface area (Å²) in [6.45, 7) is -1.91. The molecule has 2 fully saturated rings. The molecule has 4 rings (SSSR count). The number of carbonyl (C=O) groups excluding carboxylic acids is 4. The normalized spacial score (nSPS) is 27.5. The van der Waals surface area contributed by atoms with Crippen LogP contribution in [0.1, 0.15) is 104 Å². The number of anilines is 1. The zero-order chi connectivity index (χ0) is 45.8. The van der Waals surface area contributed by atoms with Crippen LogP contribution in [-0.2, 0) is 77.3 Å². The van der Waals surface area contributed by atoms with Gasteiger partial charge in [0.1, 0.15) is 54.7 Å². The molecule has 0 saturated carbocycles. The lowest BCUT2D eigenvalue weighted by molar-refractivity contribution is -0.296. The number of carbonyl (C=O) groups is 4. The zero-order valence-electron chi connectivity index (χ0n) is 34.3. The minimum Gasteiger partial charge on any atom is -0.462 e. The monoisotopic (exact) mass is 946 g/mol. The van der Waals surface area contributed by atoms with Crippen LogP contribution in [0.5, 0.6) is 0 Å². The van der Waals surface area contributed by atoms with Gasteiger partial charge in [-0.25, -0.2) is 23.2 Å². The first-order chi connectivity index (χ1) is 29.2. The van der Waals surface area contributed by atoms with Crippen molar-refractivity contribution < 1.29 is 94.4 Å². The molecular weight excluding hydrogens is 893 g/mol. The maximum Gasteiger partial charge on any atom is 0.481 e. The smallest absolute Gasteiger partial charge is 0.462 e. The Hall–Kier alpha value is -3.32. The molecule has 2 aromatic rings. The first kappa shape index (κ1) is 51.3. The Morgan fingerprint density at radius 1 is 0.887 bits per heavy atom. The number of aliphatic hydroxyl groups is 2. The van der Waals surface area contributed by atoms with Gasteiger partial charge in [-0.15, -0.1) is 0 Å². The first-order valence-electron chi connectivity index (χ1n) is 19.8. The molecule has 350 valence electrons. The molecule has 6 N–H and O–H groups in total. The molecule has 0 aromatic carbocycles. The number of rotatable bonds is 24. The first-order valence-corrected chi connectivity index (χ1v) is 23.9. The van der Waals surface area contributed by atoms with Crippen LogP contribution < -0.4 is 5.73 Å². The Morgan fingerprint density at radius 3 is 2.11 bits per heavy atom. The van der Waals surface area contributed by atoms with E-state index < -0.39 is 113 Å². The van der Waals surface area contributed by atoms with E-state index in [-0.39, 0.29) is 29.0 Å². The van der Waals surface area contributed by atoms with E-state index in [1.165, 1.54) is 12.8 Å². The van der Waals surface area contributed by atoms with Crippen molar-refractivity contribution in [2.45, 2.75) is 153 Å². The highest BCUT2D eigenvalue weighted by atomic mass is 32.5. The third-order valence-corrected chi connectivity index (χ3v) is 13.0. The van der Waals surface area contributed by atoms with Crippen LogP contribution in [0.2, 0.25) is 0 Å². The molecule has 0 spiro atoms. The van der Waals surface area contributed by atoms with E-state index in [1.807, 2.05) is 0 Å². The van der Waals surface area contributed by atoms with Crippen LogP contribution in [0.4, 0.5) is 10.2 Å². The van der Waals surface area contributed by atoms with Gasteiger partial charge in [-0.2, -0.15) is 0 Å². The Bertz CT molecular complexity index is 1930. The highest BCUT2D eigenvalue weighted by Crippen LogP contribution is 2.62. The average molecular weight is 947 g/mol. The van der Waals surface area contributed by atoms with E-state index in [0.29, 0.717) is 6.42 Å². The van der Waals surface area contributed by atoms with E-state index in [4.69, 9.17) is 63.8 Å². The van der Waals surface area contributed by atoms with Crippen LogP contribution in [0.3, 0.4) is 0 Å². The number of hydrogen-bond donors (Lipinski definition) is 5. The quantitative estimate of drug-likeness (QED) is 0.0437. The summed E-state index contributed by atoms with van der Waals surface area (Å²) in [7, 11) is -5.76. The number of aliphatic hydroxyl groups excluding tert-OH is 2. The fourth-order valence-electron chi connectivity index (χ4n) is 6.67. The number of halogens is 1. The Balaban J connectivity index is 1.44. The molecule has 27 heteroatoms. The molecule has 62 heavy (non-hydrogen) atoms. The molecule has 0 amide bonds. The second-order valence-electron chi connectivity index (χ2n) is 14.5. The van der Waals surface area contributed by atoms with Gasteiger partial charge < -0.3 is 63.2 Å². The molecule has 2 saturated heterocycles.